The van der Waals surface area contributed by atoms with Gasteiger partial charge in [0.2, 0.25) is 5.91 Å². The third-order valence-electron chi connectivity index (χ3n) is 4.32. The molecule has 4 heteroatoms. The standard InChI is InChI=1S/C16H25N3O/c1-3-6-16(7-11-18-12-8-16)15(20)19-13(2)14-4-9-17-10-5-14/h4-5,9-10,13,18H,3,6-8,11-12H2,1-2H3,(H,19,20)/t13-/m0/s1. The predicted molar refractivity (Wildman–Crippen MR) is 80.2 cm³/mol. The van der Waals surface area contributed by atoms with Gasteiger partial charge in [0.25, 0.3) is 0 Å². The maximum atomic E-state index is 12.7. The Labute approximate surface area is 121 Å². The van der Waals surface area contributed by atoms with E-state index in [9.17, 15) is 4.79 Å². The number of amides is 1. The van der Waals surface area contributed by atoms with Crippen molar-refractivity contribution >= 4 is 5.91 Å². The molecule has 1 aromatic heterocycles. The lowest BCUT2D eigenvalue weighted by Crippen LogP contribution is -2.48. The van der Waals surface area contributed by atoms with E-state index in [1.807, 2.05) is 19.1 Å². The van der Waals surface area contributed by atoms with Crippen LogP contribution in [-0.4, -0.2) is 24.0 Å². The fourth-order valence-electron chi connectivity index (χ4n) is 3.06. The molecule has 4 nitrogen and oxygen atoms in total. The lowest BCUT2D eigenvalue weighted by molar-refractivity contribution is -0.133. The highest BCUT2D eigenvalue weighted by Gasteiger charge is 2.38. The van der Waals surface area contributed by atoms with Gasteiger partial charge in [-0.1, -0.05) is 13.3 Å². The number of rotatable bonds is 5. The van der Waals surface area contributed by atoms with Crippen molar-refractivity contribution in [1.82, 2.24) is 15.6 Å². The number of piperidine rings is 1. The van der Waals surface area contributed by atoms with Crippen LogP contribution in [0.3, 0.4) is 0 Å². The van der Waals surface area contributed by atoms with Gasteiger partial charge in [0, 0.05) is 12.4 Å². The topological polar surface area (TPSA) is 54.0 Å². The summed E-state index contributed by atoms with van der Waals surface area (Å²) >= 11 is 0. The molecular weight excluding hydrogens is 250 g/mol. The lowest BCUT2D eigenvalue weighted by Gasteiger charge is -2.37. The van der Waals surface area contributed by atoms with E-state index in [4.69, 9.17) is 0 Å². The molecule has 1 saturated heterocycles. The maximum Gasteiger partial charge on any atom is 0.226 e. The molecule has 0 aromatic carbocycles. The van der Waals surface area contributed by atoms with Gasteiger partial charge >= 0.3 is 0 Å². The molecule has 1 aliphatic heterocycles. The second-order valence-corrected chi connectivity index (χ2v) is 5.76. The first kappa shape index (κ1) is 15.0. The molecule has 2 N–H and O–H groups in total. The second-order valence-electron chi connectivity index (χ2n) is 5.76. The van der Waals surface area contributed by atoms with E-state index in [1.54, 1.807) is 12.4 Å². The van der Waals surface area contributed by atoms with Crippen LogP contribution >= 0.6 is 0 Å². The van der Waals surface area contributed by atoms with Crippen LogP contribution in [0.5, 0.6) is 0 Å². The van der Waals surface area contributed by atoms with Gasteiger partial charge in [0.05, 0.1) is 11.5 Å². The third-order valence-corrected chi connectivity index (χ3v) is 4.32. The summed E-state index contributed by atoms with van der Waals surface area (Å²) < 4.78 is 0. The van der Waals surface area contributed by atoms with Crippen molar-refractivity contribution in [2.45, 2.75) is 45.6 Å². The zero-order valence-corrected chi connectivity index (χ0v) is 12.5. The Kier molecular flexibility index (Phi) is 5.12. The van der Waals surface area contributed by atoms with Gasteiger partial charge in [-0.05, 0) is 57.0 Å². The zero-order chi connectivity index (χ0) is 14.4. The number of carbonyl (C=O) groups excluding carboxylic acids is 1. The SMILES string of the molecule is CCCC1(C(=O)N[C@@H](C)c2ccncc2)CCNCC1. The highest BCUT2D eigenvalue weighted by molar-refractivity contribution is 5.83. The van der Waals surface area contributed by atoms with Crippen LogP contribution in [0.15, 0.2) is 24.5 Å². The Morgan fingerprint density at radius 2 is 2.05 bits per heavy atom. The quantitative estimate of drug-likeness (QED) is 0.867. The molecule has 1 amide bonds. The molecule has 1 aromatic rings. The van der Waals surface area contributed by atoms with Crippen molar-refractivity contribution < 1.29 is 4.79 Å². The summed E-state index contributed by atoms with van der Waals surface area (Å²) in [7, 11) is 0. The molecule has 2 heterocycles. The van der Waals surface area contributed by atoms with Crippen LogP contribution in [0, 0.1) is 5.41 Å². The fourth-order valence-corrected chi connectivity index (χ4v) is 3.06. The third kappa shape index (κ3) is 3.37. The van der Waals surface area contributed by atoms with Gasteiger partial charge in [0.15, 0.2) is 0 Å². The Balaban J connectivity index is 2.05. The van der Waals surface area contributed by atoms with E-state index in [0.717, 1.165) is 44.3 Å². The van der Waals surface area contributed by atoms with E-state index in [-0.39, 0.29) is 17.4 Å². The average Bonchev–Trinajstić information content (AvgIpc) is 2.49. The molecule has 20 heavy (non-hydrogen) atoms. The van der Waals surface area contributed by atoms with E-state index in [2.05, 4.69) is 22.5 Å². The summed E-state index contributed by atoms with van der Waals surface area (Å²) in [6.07, 6.45) is 7.45. The van der Waals surface area contributed by atoms with Gasteiger partial charge in [-0.25, -0.2) is 0 Å². The highest BCUT2D eigenvalue weighted by Crippen LogP contribution is 2.35. The first-order valence-corrected chi connectivity index (χ1v) is 7.59. The van der Waals surface area contributed by atoms with Crippen LogP contribution in [-0.2, 0) is 4.79 Å². The molecular formula is C16H25N3O. The number of carbonyl (C=O) groups is 1. The summed E-state index contributed by atoms with van der Waals surface area (Å²) in [5.41, 5.74) is 0.926. The van der Waals surface area contributed by atoms with Gasteiger partial charge in [0.1, 0.15) is 0 Å². The van der Waals surface area contributed by atoms with Crippen LogP contribution in [0.1, 0.15) is 51.1 Å². The van der Waals surface area contributed by atoms with Crippen LogP contribution in [0.2, 0.25) is 0 Å². The first-order valence-electron chi connectivity index (χ1n) is 7.59. The minimum atomic E-state index is -0.179. The molecule has 0 aliphatic carbocycles. The first-order chi connectivity index (χ1) is 9.68. The predicted octanol–water partition coefficient (Wildman–Crippen LogP) is 2.43. The van der Waals surface area contributed by atoms with Crippen molar-refractivity contribution in [3.8, 4) is 0 Å². The van der Waals surface area contributed by atoms with Gasteiger partial charge in [-0.3, -0.25) is 9.78 Å². The molecule has 110 valence electrons. The van der Waals surface area contributed by atoms with Crippen molar-refractivity contribution in [2.24, 2.45) is 5.41 Å². The fraction of sp³-hybridized carbons (Fsp3) is 0.625. The maximum absolute atomic E-state index is 12.7. The van der Waals surface area contributed by atoms with Gasteiger partial charge in [-0.15, -0.1) is 0 Å². The summed E-state index contributed by atoms with van der Waals surface area (Å²) in [6.45, 7) is 6.07. The number of hydrogen-bond acceptors (Lipinski definition) is 3. The number of nitrogens with zero attached hydrogens (tertiary/aromatic N) is 1. The number of aromatic nitrogens is 1. The van der Waals surface area contributed by atoms with E-state index < -0.39 is 0 Å². The minimum absolute atomic E-state index is 0.0362. The molecule has 0 radical (unpaired) electrons. The highest BCUT2D eigenvalue weighted by atomic mass is 16.2. The van der Waals surface area contributed by atoms with Gasteiger partial charge < -0.3 is 10.6 Å². The number of nitrogens with one attached hydrogen (secondary N) is 2. The molecule has 1 aliphatic rings. The molecule has 0 saturated carbocycles. The van der Waals surface area contributed by atoms with E-state index in [0.29, 0.717) is 0 Å². The Hall–Kier alpha value is -1.42. The summed E-state index contributed by atoms with van der Waals surface area (Å²) in [4.78, 5) is 16.8. The van der Waals surface area contributed by atoms with Crippen LogP contribution in [0.4, 0.5) is 0 Å². The summed E-state index contributed by atoms with van der Waals surface area (Å²) in [6, 6.07) is 3.95. The largest absolute Gasteiger partial charge is 0.349 e. The zero-order valence-electron chi connectivity index (χ0n) is 12.5. The van der Waals surface area contributed by atoms with Crippen molar-refractivity contribution in [3.63, 3.8) is 0 Å². The summed E-state index contributed by atoms with van der Waals surface area (Å²) in [5.74, 6) is 0.213. The Morgan fingerprint density at radius 3 is 2.65 bits per heavy atom. The van der Waals surface area contributed by atoms with Crippen molar-refractivity contribution in [2.75, 3.05) is 13.1 Å². The van der Waals surface area contributed by atoms with Crippen molar-refractivity contribution in [1.29, 1.82) is 0 Å². The van der Waals surface area contributed by atoms with Gasteiger partial charge in [-0.2, -0.15) is 0 Å². The van der Waals surface area contributed by atoms with E-state index >= 15 is 0 Å². The van der Waals surface area contributed by atoms with Crippen molar-refractivity contribution in [3.05, 3.63) is 30.1 Å². The van der Waals surface area contributed by atoms with E-state index in [1.165, 1.54) is 0 Å². The Morgan fingerprint density at radius 1 is 1.40 bits per heavy atom. The smallest absolute Gasteiger partial charge is 0.226 e. The van der Waals surface area contributed by atoms with Crippen LogP contribution in [0.25, 0.3) is 0 Å². The minimum Gasteiger partial charge on any atom is -0.349 e. The normalized spacial score (nSPS) is 19.3. The molecule has 1 atom stereocenters. The molecule has 1 fully saturated rings. The molecule has 2 rings (SSSR count). The second kappa shape index (κ2) is 6.84. The van der Waals surface area contributed by atoms with Crippen LogP contribution < -0.4 is 10.6 Å². The Bertz CT molecular complexity index is 421. The molecule has 0 unspecified atom stereocenters. The lowest BCUT2D eigenvalue weighted by atomic mass is 9.74. The number of pyridine rings is 1. The molecule has 0 spiro atoms. The monoisotopic (exact) mass is 275 g/mol. The average molecular weight is 275 g/mol. The number of hydrogen-bond donors (Lipinski definition) is 2. The summed E-state index contributed by atoms with van der Waals surface area (Å²) in [5, 5.41) is 6.55. The molecule has 0 bridgehead atoms.